The monoisotopic (exact) mass is 199 g/mol. The Bertz CT molecular complexity index is 146. The molecule has 0 spiro atoms. The molecular formula is C12H25NO. The number of aliphatic hydroxyl groups excluding tert-OH is 1. The van der Waals surface area contributed by atoms with Gasteiger partial charge in [0.25, 0.3) is 0 Å². The third-order valence-corrected chi connectivity index (χ3v) is 3.72. The van der Waals surface area contributed by atoms with Crippen molar-refractivity contribution in [1.29, 1.82) is 0 Å². The average Bonchev–Trinajstić information content (AvgIpc) is 2.20. The van der Waals surface area contributed by atoms with Crippen LogP contribution in [0.1, 0.15) is 46.5 Å². The highest BCUT2D eigenvalue weighted by Gasteiger charge is 2.25. The SMILES string of the molecule is CCC(CC)N1CCC(C(C)O)CC1. The van der Waals surface area contributed by atoms with Crippen LogP contribution in [0.25, 0.3) is 0 Å². The van der Waals surface area contributed by atoms with Crippen LogP contribution >= 0.6 is 0 Å². The number of rotatable bonds is 4. The Morgan fingerprint density at radius 2 is 1.71 bits per heavy atom. The predicted molar refractivity (Wildman–Crippen MR) is 60.3 cm³/mol. The van der Waals surface area contributed by atoms with E-state index in [0.29, 0.717) is 5.92 Å². The predicted octanol–water partition coefficient (Wildman–Crippen LogP) is 2.27. The molecule has 1 saturated heterocycles. The zero-order chi connectivity index (χ0) is 10.6. The minimum absolute atomic E-state index is 0.112. The van der Waals surface area contributed by atoms with E-state index in [0.717, 1.165) is 6.04 Å². The van der Waals surface area contributed by atoms with Crippen molar-refractivity contribution >= 4 is 0 Å². The Labute approximate surface area is 88.3 Å². The number of piperidine rings is 1. The van der Waals surface area contributed by atoms with E-state index < -0.39 is 0 Å². The van der Waals surface area contributed by atoms with Crippen molar-refractivity contribution < 1.29 is 5.11 Å². The van der Waals surface area contributed by atoms with Gasteiger partial charge in [-0.1, -0.05) is 13.8 Å². The molecule has 0 radical (unpaired) electrons. The molecule has 0 aromatic carbocycles. The van der Waals surface area contributed by atoms with E-state index in [2.05, 4.69) is 18.7 Å². The van der Waals surface area contributed by atoms with Crippen LogP contribution < -0.4 is 0 Å². The molecule has 14 heavy (non-hydrogen) atoms. The van der Waals surface area contributed by atoms with E-state index in [1.807, 2.05) is 6.92 Å². The van der Waals surface area contributed by atoms with Gasteiger partial charge in [0.15, 0.2) is 0 Å². The summed E-state index contributed by atoms with van der Waals surface area (Å²) in [5.41, 5.74) is 0. The van der Waals surface area contributed by atoms with Crippen molar-refractivity contribution in [2.75, 3.05) is 13.1 Å². The third kappa shape index (κ3) is 2.96. The number of nitrogens with zero attached hydrogens (tertiary/aromatic N) is 1. The first-order valence-corrected chi connectivity index (χ1v) is 6.11. The van der Waals surface area contributed by atoms with E-state index >= 15 is 0 Å². The quantitative estimate of drug-likeness (QED) is 0.751. The van der Waals surface area contributed by atoms with Crippen LogP contribution in [0.4, 0.5) is 0 Å². The lowest BCUT2D eigenvalue weighted by molar-refractivity contribution is 0.0540. The standard InChI is InChI=1S/C12H25NO/c1-4-12(5-2)13-8-6-11(7-9-13)10(3)14/h10-12,14H,4-9H2,1-3H3. The van der Waals surface area contributed by atoms with Gasteiger partial charge in [-0.05, 0) is 51.6 Å². The molecule has 1 atom stereocenters. The average molecular weight is 199 g/mol. The molecule has 1 rings (SSSR count). The summed E-state index contributed by atoms with van der Waals surface area (Å²) in [6.45, 7) is 8.84. The van der Waals surface area contributed by atoms with Gasteiger partial charge in [0.05, 0.1) is 6.10 Å². The zero-order valence-electron chi connectivity index (χ0n) is 9.87. The molecule has 1 fully saturated rings. The summed E-state index contributed by atoms with van der Waals surface area (Å²) in [5, 5.41) is 9.50. The summed E-state index contributed by atoms with van der Waals surface area (Å²) in [6.07, 6.45) is 4.76. The molecule has 0 amide bonds. The minimum atomic E-state index is -0.112. The van der Waals surface area contributed by atoms with Gasteiger partial charge < -0.3 is 10.0 Å². The van der Waals surface area contributed by atoms with Crippen LogP contribution in [-0.2, 0) is 0 Å². The number of likely N-dealkylation sites (tertiary alicyclic amines) is 1. The summed E-state index contributed by atoms with van der Waals surface area (Å²) in [6, 6.07) is 0.768. The van der Waals surface area contributed by atoms with Crippen molar-refractivity contribution in [3.05, 3.63) is 0 Å². The van der Waals surface area contributed by atoms with Gasteiger partial charge in [0.2, 0.25) is 0 Å². The number of hydrogen-bond donors (Lipinski definition) is 1. The van der Waals surface area contributed by atoms with Gasteiger partial charge in [-0.3, -0.25) is 0 Å². The minimum Gasteiger partial charge on any atom is -0.393 e. The number of aliphatic hydroxyl groups is 1. The smallest absolute Gasteiger partial charge is 0.0541 e. The second kappa shape index (κ2) is 5.72. The Morgan fingerprint density at radius 3 is 2.07 bits per heavy atom. The number of hydrogen-bond acceptors (Lipinski definition) is 2. The first-order chi connectivity index (χ1) is 6.69. The van der Waals surface area contributed by atoms with Crippen LogP contribution in [-0.4, -0.2) is 35.2 Å². The lowest BCUT2D eigenvalue weighted by atomic mass is 9.91. The summed E-state index contributed by atoms with van der Waals surface area (Å²) < 4.78 is 0. The van der Waals surface area contributed by atoms with Crippen LogP contribution in [0.15, 0.2) is 0 Å². The Hall–Kier alpha value is -0.0800. The van der Waals surface area contributed by atoms with Crippen molar-refractivity contribution in [2.45, 2.75) is 58.6 Å². The Balaban J connectivity index is 2.34. The molecular weight excluding hydrogens is 174 g/mol. The second-order valence-corrected chi connectivity index (χ2v) is 4.58. The molecule has 0 aromatic heterocycles. The van der Waals surface area contributed by atoms with Gasteiger partial charge in [-0.25, -0.2) is 0 Å². The summed E-state index contributed by atoms with van der Waals surface area (Å²) in [5.74, 6) is 0.542. The zero-order valence-corrected chi connectivity index (χ0v) is 9.87. The van der Waals surface area contributed by atoms with E-state index in [9.17, 15) is 5.11 Å². The first-order valence-electron chi connectivity index (χ1n) is 6.11. The van der Waals surface area contributed by atoms with Crippen LogP contribution in [0.5, 0.6) is 0 Å². The molecule has 1 N–H and O–H groups in total. The van der Waals surface area contributed by atoms with Crippen molar-refractivity contribution in [2.24, 2.45) is 5.92 Å². The fraction of sp³-hybridized carbons (Fsp3) is 1.00. The molecule has 1 aliphatic rings. The van der Waals surface area contributed by atoms with Gasteiger partial charge in [-0.2, -0.15) is 0 Å². The topological polar surface area (TPSA) is 23.5 Å². The van der Waals surface area contributed by atoms with Crippen molar-refractivity contribution in [3.8, 4) is 0 Å². The van der Waals surface area contributed by atoms with E-state index in [4.69, 9.17) is 0 Å². The van der Waals surface area contributed by atoms with Crippen LogP contribution in [0, 0.1) is 5.92 Å². The summed E-state index contributed by atoms with van der Waals surface area (Å²) in [4.78, 5) is 2.60. The van der Waals surface area contributed by atoms with Crippen molar-refractivity contribution in [3.63, 3.8) is 0 Å². The van der Waals surface area contributed by atoms with Crippen molar-refractivity contribution in [1.82, 2.24) is 4.90 Å². The van der Waals surface area contributed by atoms with Crippen LogP contribution in [0.3, 0.4) is 0 Å². The maximum Gasteiger partial charge on any atom is 0.0541 e. The fourth-order valence-electron chi connectivity index (χ4n) is 2.57. The first kappa shape index (κ1) is 12.0. The molecule has 0 aromatic rings. The Morgan fingerprint density at radius 1 is 1.21 bits per heavy atom. The largest absolute Gasteiger partial charge is 0.393 e. The summed E-state index contributed by atoms with van der Waals surface area (Å²) in [7, 11) is 0. The highest BCUT2D eigenvalue weighted by Crippen LogP contribution is 2.23. The van der Waals surface area contributed by atoms with Gasteiger partial charge in [-0.15, -0.1) is 0 Å². The van der Waals surface area contributed by atoms with Gasteiger partial charge >= 0.3 is 0 Å². The molecule has 84 valence electrons. The maximum atomic E-state index is 9.50. The highest BCUT2D eigenvalue weighted by atomic mass is 16.3. The fourth-order valence-corrected chi connectivity index (χ4v) is 2.57. The van der Waals surface area contributed by atoms with Gasteiger partial charge in [0.1, 0.15) is 0 Å². The molecule has 0 aliphatic carbocycles. The Kier molecular flexibility index (Phi) is 4.90. The van der Waals surface area contributed by atoms with Gasteiger partial charge in [0, 0.05) is 6.04 Å². The normalized spacial score (nSPS) is 22.9. The molecule has 0 saturated carbocycles. The lowest BCUT2D eigenvalue weighted by Crippen LogP contribution is -2.42. The highest BCUT2D eigenvalue weighted by molar-refractivity contribution is 4.79. The second-order valence-electron chi connectivity index (χ2n) is 4.58. The van der Waals surface area contributed by atoms with E-state index in [1.54, 1.807) is 0 Å². The molecule has 1 heterocycles. The molecule has 1 aliphatic heterocycles. The van der Waals surface area contributed by atoms with E-state index in [-0.39, 0.29) is 6.10 Å². The lowest BCUT2D eigenvalue weighted by Gasteiger charge is -2.37. The third-order valence-electron chi connectivity index (χ3n) is 3.72. The molecule has 1 unspecified atom stereocenters. The molecule has 0 bridgehead atoms. The molecule has 2 nitrogen and oxygen atoms in total. The van der Waals surface area contributed by atoms with Crippen LogP contribution in [0.2, 0.25) is 0 Å². The molecule has 2 heteroatoms. The summed E-state index contributed by atoms with van der Waals surface area (Å²) >= 11 is 0. The van der Waals surface area contributed by atoms with E-state index in [1.165, 1.54) is 38.8 Å². The maximum absolute atomic E-state index is 9.50.